The lowest BCUT2D eigenvalue weighted by Gasteiger charge is -2.29. The molecule has 0 fully saturated rings. The molecule has 0 aliphatic heterocycles. The first kappa shape index (κ1) is 24.0. The minimum Gasteiger partial charge on any atom is -0.484 e. The number of rotatable bonds is 9. The fraction of sp³-hybridized carbons (Fsp3) is 0.391. The zero-order chi connectivity index (χ0) is 22.3. The van der Waals surface area contributed by atoms with Gasteiger partial charge in [0.1, 0.15) is 11.8 Å². The van der Waals surface area contributed by atoms with E-state index in [1.165, 1.54) is 10.5 Å². The van der Waals surface area contributed by atoms with E-state index >= 15 is 0 Å². The molecule has 1 N–H and O–H groups in total. The van der Waals surface area contributed by atoms with E-state index in [1.807, 2.05) is 38.1 Å². The lowest BCUT2D eigenvalue weighted by molar-refractivity contribution is -0.142. The highest BCUT2D eigenvalue weighted by Crippen LogP contribution is 2.23. The molecule has 162 valence electrons. The number of amides is 2. The van der Waals surface area contributed by atoms with E-state index < -0.39 is 6.04 Å². The third-order valence-corrected chi connectivity index (χ3v) is 5.23. The molecule has 1 atom stereocenters. The van der Waals surface area contributed by atoms with Gasteiger partial charge in [-0.2, -0.15) is 0 Å². The molecule has 2 aromatic carbocycles. The second-order valence-electron chi connectivity index (χ2n) is 7.38. The fourth-order valence-corrected chi connectivity index (χ4v) is 3.34. The average Bonchev–Trinajstić information content (AvgIpc) is 2.71. The van der Waals surface area contributed by atoms with Crippen LogP contribution in [0.15, 0.2) is 42.5 Å². The monoisotopic (exact) mass is 450 g/mol. The molecule has 0 radical (unpaired) electrons. The van der Waals surface area contributed by atoms with E-state index in [1.54, 1.807) is 25.1 Å². The Balaban J connectivity index is 2.17. The molecule has 0 bridgehead atoms. The standard InChI is InChI=1S/C23H28Cl2N2O3/c1-5-17-6-10-20(11-7-17)30-14-22(28)27(16(4)23(29)26-15(2)3)13-18-8-9-19(24)12-21(18)25/h6-12,15-16H,5,13-14H2,1-4H3,(H,26,29)/t16-/m1/s1. The van der Waals surface area contributed by atoms with Gasteiger partial charge in [-0.1, -0.05) is 48.3 Å². The van der Waals surface area contributed by atoms with Gasteiger partial charge in [-0.15, -0.1) is 0 Å². The van der Waals surface area contributed by atoms with Crippen molar-refractivity contribution in [2.24, 2.45) is 0 Å². The van der Waals surface area contributed by atoms with Crippen molar-refractivity contribution in [2.75, 3.05) is 6.61 Å². The zero-order valence-corrected chi connectivity index (χ0v) is 19.3. The molecule has 0 saturated carbocycles. The van der Waals surface area contributed by atoms with Crippen LogP contribution in [0.2, 0.25) is 10.0 Å². The molecule has 0 aliphatic rings. The van der Waals surface area contributed by atoms with E-state index in [4.69, 9.17) is 27.9 Å². The van der Waals surface area contributed by atoms with E-state index in [2.05, 4.69) is 12.2 Å². The molecule has 2 rings (SSSR count). The molecule has 2 amide bonds. The lowest BCUT2D eigenvalue weighted by Crippen LogP contribution is -2.50. The largest absolute Gasteiger partial charge is 0.484 e. The number of ether oxygens (including phenoxy) is 1. The number of benzene rings is 2. The van der Waals surface area contributed by atoms with Crippen LogP contribution in [0.5, 0.6) is 5.75 Å². The maximum absolute atomic E-state index is 13.0. The molecular formula is C23H28Cl2N2O3. The van der Waals surface area contributed by atoms with E-state index in [0.717, 1.165) is 6.42 Å². The van der Waals surface area contributed by atoms with E-state index in [0.29, 0.717) is 21.4 Å². The summed E-state index contributed by atoms with van der Waals surface area (Å²) in [5.74, 6) is 0.0482. The number of nitrogens with zero attached hydrogens (tertiary/aromatic N) is 1. The summed E-state index contributed by atoms with van der Waals surface area (Å²) >= 11 is 12.3. The smallest absolute Gasteiger partial charge is 0.261 e. The van der Waals surface area contributed by atoms with Crippen LogP contribution in [-0.2, 0) is 22.6 Å². The molecule has 0 saturated heterocycles. The van der Waals surface area contributed by atoms with Gasteiger partial charge in [0, 0.05) is 22.6 Å². The van der Waals surface area contributed by atoms with Crippen LogP contribution in [0, 0.1) is 0 Å². The summed E-state index contributed by atoms with van der Waals surface area (Å²) in [4.78, 5) is 27.0. The number of halogens is 2. The van der Waals surface area contributed by atoms with Gasteiger partial charge in [0.15, 0.2) is 6.61 Å². The van der Waals surface area contributed by atoms with Crippen LogP contribution in [-0.4, -0.2) is 35.4 Å². The van der Waals surface area contributed by atoms with Crippen LogP contribution in [0.3, 0.4) is 0 Å². The molecule has 0 aliphatic carbocycles. The maximum Gasteiger partial charge on any atom is 0.261 e. The topological polar surface area (TPSA) is 58.6 Å². The third-order valence-electron chi connectivity index (χ3n) is 4.65. The Morgan fingerprint density at radius 2 is 1.73 bits per heavy atom. The first-order chi connectivity index (χ1) is 14.2. The van der Waals surface area contributed by atoms with Crippen molar-refractivity contribution in [3.05, 3.63) is 63.6 Å². The molecule has 0 heterocycles. The molecule has 0 spiro atoms. The first-order valence-corrected chi connectivity index (χ1v) is 10.7. The van der Waals surface area contributed by atoms with Crippen molar-refractivity contribution in [2.45, 2.75) is 52.7 Å². The predicted octanol–water partition coefficient (Wildman–Crippen LogP) is 4.88. The Bertz CT molecular complexity index is 869. The van der Waals surface area contributed by atoms with Crippen molar-refractivity contribution in [1.82, 2.24) is 10.2 Å². The summed E-state index contributed by atoms with van der Waals surface area (Å²) < 4.78 is 5.67. The number of aryl methyl sites for hydroxylation is 1. The van der Waals surface area contributed by atoms with Gasteiger partial charge >= 0.3 is 0 Å². The van der Waals surface area contributed by atoms with Gasteiger partial charge in [0.2, 0.25) is 5.91 Å². The van der Waals surface area contributed by atoms with Crippen LogP contribution >= 0.6 is 23.2 Å². The quantitative estimate of drug-likeness (QED) is 0.592. The van der Waals surface area contributed by atoms with E-state index in [9.17, 15) is 9.59 Å². The molecular weight excluding hydrogens is 423 g/mol. The number of hydrogen-bond acceptors (Lipinski definition) is 3. The second-order valence-corrected chi connectivity index (χ2v) is 8.23. The van der Waals surface area contributed by atoms with Crippen LogP contribution in [0.4, 0.5) is 0 Å². The van der Waals surface area contributed by atoms with Crippen molar-refractivity contribution in [3.63, 3.8) is 0 Å². The Hall–Kier alpha value is -2.24. The summed E-state index contributed by atoms with van der Waals surface area (Å²) in [5.41, 5.74) is 1.89. The Labute approximate surface area is 188 Å². The number of carbonyl (C=O) groups excluding carboxylic acids is 2. The molecule has 7 heteroatoms. The van der Waals surface area contributed by atoms with Gasteiger partial charge in [-0.05, 0) is 62.6 Å². The van der Waals surface area contributed by atoms with Crippen molar-refractivity contribution in [1.29, 1.82) is 0 Å². The zero-order valence-electron chi connectivity index (χ0n) is 17.7. The van der Waals surface area contributed by atoms with Gasteiger partial charge in [0.25, 0.3) is 5.91 Å². The first-order valence-electron chi connectivity index (χ1n) is 9.96. The summed E-state index contributed by atoms with van der Waals surface area (Å²) in [5, 5.41) is 3.79. The SMILES string of the molecule is CCc1ccc(OCC(=O)N(Cc2ccc(Cl)cc2Cl)[C@H](C)C(=O)NC(C)C)cc1. The van der Waals surface area contributed by atoms with Crippen molar-refractivity contribution >= 4 is 35.0 Å². The highest BCUT2D eigenvalue weighted by Gasteiger charge is 2.27. The van der Waals surface area contributed by atoms with Gasteiger partial charge in [-0.25, -0.2) is 0 Å². The average molecular weight is 451 g/mol. The fourth-order valence-electron chi connectivity index (χ4n) is 2.87. The van der Waals surface area contributed by atoms with Gasteiger partial charge in [-0.3, -0.25) is 9.59 Å². The highest BCUT2D eigenvalue weighted by molar-refractivity contribution is 6.35. The molecule has 30 heavy (non-hydrogen) atoms. The van der Waals surface area contributed by atoms with Crippen LogP contribution in [0.1, 0.15) is 38.8 Å². The van der Waals surface area contributed by atoms with Gasteiger partial charge in [0.05, 0.1) is 0 Å². The Morgan fingerprint density at radius 1 is 1.07 bits per heavy atom. The Morgan fingerprint density at radius 3 is 2.30 bits per heavy atom. The minimum absolute atomic E-state index is 0.0376. The number of carbonyl (C=O) groups is 2. The summed E-state index contributed by atoms with van der Waals surface area (Å²) in [6.45, 7) is 7.49. The van der Waals surface area contributed by atoms with Crippen molar-refractivity contribution in [3.8, 4) is 5.75 Å². The summed E-state index contributed by atoms with van der Waals surface area (Å²) in [6, 6.07) is 11.9. The Kier molecular flexibility index (Phi) is 9.00. The minimum atomic E-state index is -0.697. The number of nitrogens with one attached hydrogen (secondary N) is 1. The van der Waals surface area contributed by atoms with Crippen molar-refractivity contribution < 1.29 is 14.3 Å². The number of hydrogen-bond donors (Lipinski definition) is 1. The molecule has 0 aromatic heterocycles. The third kappa shape index (κ3) is 6.92. The predicted molar refractivity (Wildman–Crippen MR) is 121 cm³/mol. The maximum atomic E-state index is 13.0. The summed E-state index contributed by atoms with van der Waals surface area (Å²) in [7, 11) is 0. The normalized spacial score (nSPS) is 11.8. The molecule has 0 unspecified atom stereocenters. The van der Waals surface area contributed by atoms with Crippen LogP contribution in [0.25, 0.3) is 0 Å². The van der Waals surface area contributed by atoms with E-state index in [-0.39, 0.29) is 31.0 Å². The summed E-state index contributed by atoms with van der Waals surface area (Å²) in [6.07, 6.45) is 0.928. The molecule has 5 nitrogen and oxygen atoms in total. The lowest BCUT2D eigenvalue weighted by atomic mass is 10.1. The molecule has 2 aromatic rings. The van der Waals surface area contributed by atoms with Gasteiger partial charge < -0.3 is 15.0 Å². The van der Waals surface area contributed by atoms with Crippen LogP contribution < -0.4 is 10.1 Å². The second kappa shape index (κ2) is 11.2. The highest BCUT2D eigenvalue weighted by atomic mass is 35.5.